The SMILES string of the molecule is CC(=C1C=C(C(C)(C)C)SC(C(C)(C)C)=C1Cl)C1C(O)C(C(C)=C2C=C(C(C)(C)C)SC(C(C)(C)C)=C2Cl)C1O. The van der Waals surface area contributed by atoms with Gasteiger partial charge in [0.15, 0.2) is 0 Å². The molecule has 2 aliphatic heterocycles. The number of aliphatic hydroxyl groups excluding tert-OH is 2. The summed E-state index contributed by atoms with van der Waals surface area (Å²) in [6.07, 6.45) is 2.87. The van der Waals surface area contributed by atoms with Crippen LogP contribution < -0.4 is 0 Å². The van der Waals surface area contributed by atoms with Gasteiger partial charge >= 0.3 is 0 Å². The van der Waals surface area contributed by atoms with Crippen LogP contribution in [0.15, 0.2) is 64.1 Å². The Balaban J connectivity index is 2.12. The molecule has 0 saturated heterocycles. The summed E-state index contributed by atoms with van der Waals surface area (Å²) in [5.74, 6) is -0.806. The highest BCUT2D eigenvalue weighted by atomic mass is 35.5. The maximum atomic E-state index is 11.6. The van der Waals surface area contributed by atoms with Crippen molar-refractivity contribution in [3.05, 3.63) is 64.1 Å². The molecule has 0 aromatic heterocycles. The molecule has 0 atom stereocenters. The van der Waals surface area contributed by atoms with Crippen molar-refractivity contribution in [1.29, 1.82) is 0 Å². The average Bonchev–Trinajstić information content (AvgIpc) is 2.76. The van der Waals surface area contributed by atoms with E-state index in [4.69, 9.17) is 23.2 Å². The van der Waals surface area contributed by atoms with E-state index in [-0.39, 0.29) is 21.7 Å². The smallest absolute Gasteiger partial charge is 0.0721 e. The molecular formula is C34H50Cl2O2S2. The number of hydrogen-bond donors (Lipinski definition) is 2. The van der Waals surface area contributed by atoms with Crippen LogP contribution in [0.25, 0.3) is 0 Å². The highest BCUT2D eigenvalue weighted by Crippen LogP contribution is 2.57. The lowest BCUT2D eigenvalue weighted by Crippen LogP contribution is -2.56. The Morgan fingerprint density at radius 2 is 0.850 bits per heavy atom. The molecule has 0 bridgehead atoms. The van der Waals surface area contributed by atoms with Crippen molar-refractivity contribution in [2.45, 2.75) is 109 Å². The average molecular weight is 626 g/mol. The Morgan fingerprint density at radius 1 is 0.575 bits per heavy atom. The van der Waals surface area contributed by atoms with Gasteiger partial charge in [-0.2, -0.15) is 0 Å². The first kappa shape index (κ1) is 34.1. The van der Waals surface area contributed by atoms with Crippen molar-refractivity contribution in [1.82, 2.24) is 0 Å². The number of rotatable bonds is 2. The van der Waals surface area contributed by atoms with Crippen LogP contribution in [-0.4, -0.2) is 22.4 Å². The topological polar surface area (TPSA) is 40.5 Å². The first-order valence-corrected chi connectivity index (χ1v) is 16.7. The Labute approximate surface area is 262 Å². The van der Waals surface area contributed by atoms with Crippen LogP contribution in [0.3, 0.4) is 0 Å². The summed E-state index contributed by atoms with van der Waals surface area (Å²) in [5.41, 5.74) is 3.39. The second kappa shape index (κ2) is 11.3. The standard InChI is InChI=1S/C34H50Cl2O2S2/c1-17(19-15-21(31(3,4)5)39-29(25(19)35)33(9,10)11)23-27(37)24(28(23)38)18(2)20-16-22(32(6,7)8)40-30(26(20)36)34(12,13)14/h15-16,23-24,27-28,37-38H,1-14H3. The van der Waals surface area contributed by atoms with Crippen LogP contribution in [0.4, 0.5) is 0 Å². The molecule has 0 aromatic rings. The van der Waals surface area contributed by atoms with E-state index in [0.717, 1.165) is 42.2 Å². The van der Waals surface area contributed by atoms with Gasteiger partial charge in [-0.3, -0.25) is 0 Å². The fourth-order valence-electron chi connectivity index (χ4n) is 5.37. The molecule has 2 nitrogen and oxygen atoms in total. The summed E-state index contributed by atoms with van der Waals surface area (Å²) in [6.45, 7) is 30.4. The molecule has 1 aliphatic carbocycles. The zero-order valence-corrected chi connectivity index (χ0v) is 30.1. The highest BCUT2D eigenvalue weighted by molar-refractivity contribution is 8.07. The first-order chi connectivity index (χ1) is 17.9. The summed E-state index contributed by atoms with van der Waals surface area (Å²) < 4.78 is 0. The third-order valence-electron chi connectivity index (χ3n) is 8.01. The lowest BCUT2D eigenvalue weighted by atomic mass is 9.61. The zero-order valence-electron chi connectivity index (χ0n) is 26.9. The molecule has 40 heavy (non-hydrogen) atoms. The Morgan fingerprint density at radius 3 is 1.07 bits per heavy atom. The monoisotopic (exact) mass is 624 g/mol. The molecule has 0 spiro atoms. The summed E-state index contributed by atoms with van der Waals surface area (Å²) in [5, 5.41) is 24.7. The van der Waals surface area contributed by atoms with Crippen molar-refractivity contribution in [2.75, 3.05) is 0 Å². The highest BCUT2D eigenvalue weighted by Gasteiger charge is 2.52. The molecule has 3 rings (SSSR count). The summed E-state index contributed by atoms with van der Waals surface area (Å²) >= 11 is 17.7. The fourth-order valence-corrected chi connectivity index (χ4v) is 8.99. The lowest BCUT2D eigenvalue weighted by Gasteiger charge is -2.49. The lowest BCUT2D eigenvalue weighted by molar-refractivity contribution is -0.119. The Bertz CT molecular complexity index is 1140. The van der Waals surface area contributed by atoms with Gasteiger partial charge in [-0.15, -0.1) is 0 Å². The first-order valence-electron chi connectivity index (χ1n) is 14.3. The molecular weight excluding hydrogens is 575 g/mol. The van der Waals surface area contributed by atoms with Crippen molar-refractivity contribution < 1.29 is 10.2 Å². The minimum Gasteiger partial charge on any atom is -0.392 e. The van der Waals surface area contributed by atoms with Crippen LogP contribution in [0.2, 0.25) is 0 Å². The van der Waals surface area contributed by atoms with Gasteiger partial charge in [0.05, 0.1) is 22.3 Å². The van der Waals surface area contributed by atoms with Crippen LogP contribution in [-0.2, 0) is 0 Å². The molecule has 6 heteroatoms. The third-order valence-corrected chi connectivity index (χ3v) is 13.0. The minimum atomic E-state index is -0.734. The molecule has 2 N–H and O–H groups in total. The molecule has 0 unspecified atom stereocenters. The van der Waals surface area contributed by atoms with Gasteiger partial charge in [-0.25, -0.2) is 0 Å². The van der Waals surface area contributed by atoms with Gasteiger partial charge in [-0.05, 0) is 68.6 Å². The largest absolute Gasteiger partial charge is 0.392 e. The normalized spacial score (nSPS) is 29.8. The van der Waals surface area contributed by atoms with Gasteiger partial charge in [-0.1, -0.05) is 141 Å². The molecule has 1 saturated carbocycles. The molecule has 1 fully saturated rings. The van der Waals surface area contributed by atoms with Gasteiger partial charge < -0.3 is 10.2 Å². The number of thioether (sulfide) groups is 2. The number of aliphatic hydroxyl groups is 2. The Hall–Kier alpha value is -0.360. The number of allylic oxidation sites excluding steroid dienone is 10. The van der Waals surface area contributed by atoms with Crippen molar-refractivity contribution in [3.63, 3.8) is 0 Å². The van der Waals surface area contributed by atoms with Gasteiger partial charge in [0, 0.05) is 21.6 Å². The minimum absolute atomic E-state index is 0.0470. The predicted octanol–water partition coefficient (Wildman–Crippen LogP) is 10.9. The van der Waals surface area contributed by atoms with E-state index in [2.05, 4.69) is 95.2 Å². The van der Waals surface area contributed by atoms with Crippen molar-refractivity contribution in [3.8, 4) is 0 Å². The third kappa shape index (κ3) is 6.58. The van der Waals surface area contributed by atoms with Crippen molar-refractivity contribution in [2.24, 2.45) is 33.5 Å². The van der Waals surface area contributed by atoms with Gasteiger partial charge in [0.25, 0.3) is 0 Å². The van der Waals surface area contributed by atoms with E-state index >= 15 is 0 Å². The summed E-state index contributed by atoms with van der Waals surface area (Å²) in [6, 6.07) is 0. The summed E-state index contributed by atoms with van der Waals surface area (Å²) in [7, 11) is 0. The maximum absolute atomic E-state index is 11.6. The van der Waals surface area contributed by atoms with E-state index in [1.54, 1.807) is 23.5 Å². The van der Waals surface area contributed by atoms with E-state index in [0.29, 0.717) is 0 Å². The van der Waals surface area contributed by atoms with Crippen LogP contribution >= 0.6 is 46.7 Å². The molecule has 0 aromatic carbocycles. The molecule has 2 heterocycles. The van der Waals surface area contributed by atoms with E-state index in [1.807, 2.05) is 13.8 Å². The predicted molar refractivity (Wildman–Crippen MR) is 179 cm³/mol. The quantitative estimate of drug-likeness (QED) is 0.320. The van der Waals surface area contributed by atoms with Crippen molar-refractivity contribution >= 4 is 46.7 Å². The van der Waals surface area contributed by atoms with Gasteiger partial charge in [0.2, 0.25) is 0 Å². The Kier molecular flexibility index (Phi) is 9.63. The summed E-state index contributed by atoms with van der Waals surface area (Å²) in [4.78, 5) is 4.72. The van der Waals surface area contributed by atoms with Crippen LogP contribution in [0.1, 0.15) is 96.9 Å². The van der Waals surface area contributed by atoms with E-state index in [9.17, 15) is 10.2 Å². The van der Waals surface area contributed by atoms with Crippen LogP contribution in [0.5, 0.6) is 0 Å². The molecule has 0 amide bonds. The van der Waals surface area contributed by atoms with Gasteiger partial charge in [0.1, 0.15) is 0 Å². The van der Waals surface area contributed by atoms with E-state index < -0.39 is 24.0 Å². The second-order valence-electron chi connectivity index (χ2n) is 15.7. The van der Waals surface area contributed by atoms with Crippen LogP contribution in [0, 0.1) is 33.5 Å². The maximum Gasteiger partial charge on any atom is 0.0721 e. The second-order valence-corrected chi connectivity index (χ2v) is 18.6. The zero-order chi connectivity index (χ0) is 30.9. The molecule has 224 valence electrons. The number of hydrogen-bond acceptors (Lipinski definition) is 4. The number of halogens is 2. The fraction of sp³-hybridized carbons (Fsp3) is 0.647. The molecule has 0 radical (unpaired) electrons. The molecule has 3 aliphatic rings. The van der Waals surface area contributed by atoms with E-state index in [1.165, 1.54) is 9.81 Å².